The second kappa shape index (κ2) is 8.08. The van der Waals surface area contributed by atoms with Gasteiger partial charge in [0.15, 0.2) is 0 Å². The van der Waals surface area contributed by atoms with Crippen LogP contribution >= 0.6 is 0 Å². The molecule has 0 heterocycles. The van der Waals surface area contributed by atoms with E-state index in [1.807, 2.05) is 32.3 Å². The number of hydrogen-bond acceptors (Lipinski definition) is 3. The molecule has 122 valence electrons. The summed E-state index contributed by atoms with van der Waals surface area (Å²) in [5.41, 5.74) is 3.06. The van der Waals surface area contributed by atoms with Gasteiger partial charge in [0.1, 0.15) is 5.75 Å². The van der Waals surface area contributed by atoms with Gasteiger partial charge in [-0.25, -0.2) is 4.79 Å². The zero-order chi connectivity index (χ0) is 16.7. The lowest BCUT2D eigenvalue weighted by Crippen LogP contribution is -2.30. The summed E-state index contributed by atoms with van der Waals surface area (Å²) in [6.45, 7) is 0.580. The molecule has 2 rings (SSSR count). The number of amides is 2. The summed E-state index contributed by atoms with van der Waals surface area (Å²) in [5.74, 6) is 0.712. The van der Waals surface area contributed by atoms with Gasteiger partial charge in [-0.05, 0) is 36.2 Å². The molecule has 0 fully saturated rings. The molecule has 0 spiro atoms. The summed E-state index contributed by atoms with van der Waals surface area (Å²) in [4.78, 5) is 13.9. The third kappa shape index (κ3) is 5.21. The molecule has 0 atom stereocenters. The number of benzene rings is 2. The maximum Gasteiger partial charge on any atom is 0.319 e. The van der Waals surface area contributed by atoms with Gasteiger partial charge in [-0.15, -0.1) is 0 Å². The first-order valence-corrected chi connectivity index (χ1v) is 7.53. The van der Waals surface area contributed by atoms with Crippen LogP contribution in [0.4, 0.5) is 16.2 Å². The topological polar surface area (TPSA) is 53.6 Å². The van der Waals surface area contributed by atoms with Gasteiger partial charge in [0.25, 0.3) is 0 Å². The van der Waals surface area contributed by atoms with Gasteiger partial charge in [-0.2, -0.15) is 0 Å². The van der Waals surface area contributed by atoms with Crippen LogP contribution in [-0.4, -0.2) is 33.8 Å². The fraction of sp³-hybridized carbons (Fsp3) is 0.278. The van der Waals surface area contributed by atoms with E-state index in [2.05, 4.69) is 39.8 Å². The minimum atomic E-state index is -0.219. The molecule has 2 amide bonds. The van der Waals surface area contributed by atoms with E-state index in [0.717, 1.165) is 12.1 Å². The molecule has 2 N–H and O–H groups in total. The fourth-order valence-corrected chi connectivity index (χ4v) is 2.16. The van der Waals surface area contributed by atoms with Crippen LogP contribution < -0.4 is 20.3 Å². The Labute approximate surface area is 137 Å². The first-order chi connectivity index (χ1) is 11.1. The number of rotatable bonds is 6. The van der Waals surface area contributed by atoms with Crippen LogP contribution in [0.2, 0.25) is 0 Å². The molecule has 0 aromatic heterocycles. The Morgan fingerprint density at radius 2 is 1.87 bits per heavy atom. The van der Waals surface area contributed by atoms with Gasteiger partial charge in [0, 0.05) is 38.1 Å². The van der Waals surface area contributed by atoms with Crippen LogP contribution in [0.15, 0.2) is 48.5 Å². The highest BCUT2D eigenvalue weighted by Crippen LogP contribution is 2.16. The minimum Gasteiger partial charge on any atom is -0.497 e. The van der Waals surface area contributed by atoms with Crippen molar-refractivity contribution in [3.63, 3.8) is 0 Å². The van der Waals surface area contributed by atoms with Crippen molar-refractivity contribution in [2.45, 2.75) is 6.42 Å². The molecule has 0 saturated carbocycles. The lowest BCUT2D eigenvalue weighted by atomic mass is 10.1. The molecule has 23 heavy (non-hydrogen) atoms. The molecule has 0 aliphatic heterocycles. The number of ether oxygens (including phenoxy) is 1. The SMILES string of the molecule is COc1cccc(NC(=O)NCCc2ccc(N(C)C)cc2)c1. The molecule has 0 radical (unpaired) electrons. The summed E-state index contributed by atoms with van der Waals surface area (Å²) in [6, 6.07) is 15.4. The first kappa shape index (κ1) is 16.7. The van der Waals surface area contributed by atoms with Crippen LogP contribution in [-0.2, 0) is 6.42 Å². The summed E-state index contributed by atoms with van der Waals surface area (Å²) in [5, 5.41) is 5.64. The summed E-state index contributed by atoms with van der Waals surface area (Å²) >= 11 is 0. The van der Waals surface area contributed by atoms with Crippen molar-refractivity contribution in [2.75, 3.05) is 38.0 Å². The Bertz CT molecular complexity index is 639. The monoisotopic (exact) mass is 313 g/mol. The van der Waals surface area contributed by atoms with Crippen molar-refractivity contribution >= 4 is 17.4 Å². The highest BCUT2D eigenvalue weighted by molar-refractivity contribution is 5.89. The lowest BCUT2D eigenvalue weighted by Gasteiger charge is -2.13. The van der Waals surface area contributed by atoms with E-state index in [1.54, 1.807) is 13.2 Å². The van der Waals surface area contributed by atoms with Crippen molar-refractivity contribution in [1.29, 1.82) is 0 Å². The average molecular weight is 313 g/mol. The van der Waals surface area contributed by atoms with Gasteiger partial charge in [0.2, 0.25) is 0 Å². The summed E-state index contributed by atoms with van der Waals surface area (Å²) in [6.07, 6.45) is 0.791. The highest BCUT2D eigenvalue weighted by atomic mass is 16.5. The predicted molar refractivity (Wildman–Crippen MR) is 94.5 cm³/mol. The Balaban J connectivity index is 1.78. The van der Waals surface area contributed by atoms with Gasteiger partial charge in [-0.3, -0.25) is 0 Å². The van der Waals surface area contributed by atoms with Crippen LogP contribution in [0.25, 0.3) is 0 Å². The quantitative estimate of drug-likeness (QED) is 0.861. The van der Waals surface area contributed by atoms with E-state index < -0.39 is 0 Å². The molecule has 2 aromatic carbocycles. The van der Waals surface area contributed by atoms with Crippen molar-refractivity contribution in [1.82, 2.24) is 5.32 Å². The average Bonchev–Trinajstić information content (AvgIpc) is 2.55. The van der Waals surface area contributed by atoms with Crippen LogP contribution in [0.5, 0.6) is 5.75 Å². The second-order valence-corrected chi connectivity index (χ2v) is 5.42. The van der Waals surface area contributed by atoms with Crippen molar-refractivity contribution in [3.05, 3.63) is 54.1 Å². The molecule has 5 nitrogen and oxygen atoms in total. The largest absolute Gasteiger partial charge is 0.497 e. The number of nitrogens with zero attached hydrogens (tertiary/aromatic N) is 1. The van der Waals surface area contributed by atoms with E-state index in [-0.39, 0.29) is 6.03 Å². The second-order valence-electron chi connectivity index (χ2n) is 5.42. The molecular weight excluding hydrogens is 290 g/mol. The van der Waals surface area contributed by atoms with Crippen molar-refractivity contribution in [2.24, 2.45) is 0 Å². The number of carbonyl (C=O) groups excluding carboxylic acids is 1. The van der Waals surface area contributed by atoms with E-state index in [9.17, 15) is 4.79 Å². The van der Waals surface area contributed by atoms with Gasteiger partial charge < -0.3 is 20.3 Å². The molecule has 5 heteroatoms. The van der Waals surface area contributed by atoms with E-state index in [0.29, 0.717) is 18.0 Å². The number of carbonyl (C=O) groups is 1. The van der Waals surface area contributed by atoms with Crippen LogP contribution in [0.3, 0.4) is 0 Å². The Kier molecular flexibility index (Phi) is 5.86. The number of anilines is 2. The van der Waals surface area contributed by atoms with E-state index in [1.165, 1.54) is 5.56 Å². The molecule has 0 aliphatic carbocycles. The van der Waals surface area contributed by atoms with Crippen LogP contribution in [0, 0.1) is 0 Å². The third-order valence-corrected chi connectivity index (χ3v) is 3.48. The van der Waals surface area contributed by atoms with Gasteiger partial charge >= 0.3 is 6.03 Å². The molecule has 2 aromatic rings. The first-order valence-electron chi connectivity index (χ1n) is 7.53. The molecule has 0 aliphatic rings. The lowest BCUT2D eigenvalue weighted by molar-refractivity contribution is 0.252. The highest BCUT2D eigenvalue weighted by Gasteiger charge is 2.03. The Morgan fingerprint density at radius 1 is 1.13 bits per heavy atom. The number of urea groups is 1. The zero-order valence-corrected chi connectivity index (χ0v) is 13.8. The number of nitrogens with one attached hydrogen (secondary N) is 2. The zero-order valence-electron chi connectivity index (χ0n) is 13.8. The molecule has 0 saturated heterocycles. The van der Waals surface area contributed by atoms with Crippen LogP contribution in [0.1, 0.15) is 5.56 Å². The summed E-state index contributed by atoms with van der Waals surface area (Å²) in [7, 11) is 5.62. The Hall–Kier alpha value is -2.69. The van der Waals surface area contributed by atoms with Crippen molar-refractivity contribution in [3.8, 4) is 5.75 Å². The maximum absolute atomic E-state index is 11.9. The third-order valence-electron chi connectivity index (χ3n) is 3.48. The normalized spacial score (nSPS) is 10.0. The fourth-order valence-electron chi connectivity index (χ4n) is 2.16. The number of hydrogen-bond donors (Lipinski definition) is 2. The van der Waals surface area contributed by atoms with E-state index in [4.69, 9.17) is 4.74 Å². The number of methoxy groups -OCH3 is 1. The summed E-state index contributed by atoms with van der Waals surface area (Å²) < 4.78 is 5.13. The minimum absolute atomic E-state index is 0.219. The maximum atomic E-state index is 11.9. The van der Waals surface area contributed by atoms with Gasteiger partial charge in [-0.1, -0.05) is 18.2 Å². The predicted octanol–water partition coefficient (Wildman–Crippen LogP) is 3.13. The standard InChI is InChI=1S/C18H23N3O2/c1-21(2)16-9-7-14(8-10-16)11-12-19-18(22)20-15-5-4-6-17(13-15)23-3/h4-10,13H,11-12H2,1-3H3,(H2,19,20,22). The van der Waals surface area contributed by atoms with Gasteiger partial charge in [0.05, 0.1) is 7.11 Å². The molecular formula is C18H23N3O2. The smallest absolute Gasteiger partial charge is 0.319 e. The van der Waals surface area contributed by atoms with Crippen molar-refractivity contribution < 1.29 is 9.53 Å². The Morgan fingerprint density at radius 3 is 2.52 bits per heavy atom. The molecule has 0 bridgehead atoms. The molecule has 0 unspecified atom stereocenters. The van der Waals surface area contributed by atoms with E-state index >= 15 is 0 Å².